The Balaban J connectivity index is 2.29. The zero-order valence-electron chi connectivity index (χ0n) is 15.3. The van der Waals surface area contributed by atoms with Crippen molar-refractivity contribution in [3.63, 3.8) is 0 Å². The molecule has 1 fully saturated rings. The third-order valence-corrected chi connectivity index (χ3v) is 5.03. The fraction of sp³-hybridized carbons (Fsp3) is 0.579. The molecule has 0 saturated heterocycles. The highest BCUT2D eigenvalue weighted by Crippen LogP contribution is 2.28. The highest BCUT2D eigenvalue weighted by atomic mass is 32.1. The predicted octanol–water partition coefficient (Wildman–Crippen LogP) is 3.51. The van der Waals surface area contributed by atoms with Gasteiger partial charge in [-0.25, -0.2) is 4.79 Å². The van der Waals surface area contributed by atoms with Crippen molar-refractivity contribution < 1.29 is 14.3 Å². The van der Waals surface area contributed by atoms with Gasteiger partial charge in [-0.3, -0.25) is 0 Å². The molecule has 0 bridgehead atoms. The van der Waals surface area contributed by atoms with E-state index in [9.17, 15) is 4.79 Å². The van der Waals surface area contributed by atoms with Crippen molar-refractivity contribution in [2.75, 3.05) is 20.8 Å². The quantitative estimate of drug-likeness (QED) is 0.616. The predicted molar refractivity (Wildman–Crippen MR) is 103 cm³/mol. The number of hydrogen-bond acceptors (Lipinski definition) is 4. The molecule has 0 heterocycles. The summed E-state index contributed by atoms with van der Waals surface area (Å²) < 4.78 is 10.3. The van der Waals surface area contributed by atoms with E-state index in [1.54, 1.807) is 13.2 Å². The molecule has 6 heteroatoms. The minimum absolute atomic E-state index is 0.345. The topological polar surface area (TPSA) is 50.8 Å². The van der Waals surface area contributed by atoms with Crippen molar-refractivity contribution in [1.82, 2.24) is 10.2 Å². The molecule has 0 atom stereocenters. The summed E-state index contributed by atoms with van der Waals surface area (Å²) in [4.78, 5) is 14.1. The fourth-order valence-electron chi connectivity index (χ4n) is 3.34. The lowest BCUT2D eigenvalue weighted by atomic mass is 9.94. The molecule has 1 aromatic rings. The Kier molecular flexibility index (Phi) is 7.50. The molecule has 1 saturated carbocycles. The second kappa shape index (κ2) is 9.61. The molecule has 0 aliphatic heterocycles. The third kappa shape index (κ3) is 5.08. The zero-order chi connectivity index (χ0) is 18.2. The first-order chi connectivity index (χ1) is 12.1. The number of carbonyl (C=O) groups is 1. The second-order valence-electron chi connectivity index (χ2n) is 6.27. The van der Waals surface area contributed by atoms with Crippen LogP contribution in [0.25, 0.3) is 0 Å². The maximum atomic E-state index is 11.9. The van der Waals surface area contributed by atoms with Crippen molar-refractivity contribution in [2.45, 2.75) is 51.6 Å². The Labute approximate surface area is 155 Å². The van der Waals surface area contributed by atoms with Gasteiger partial charge in [0.15, 0.2) is 5.11 Å². The van der Waals surface area contributed by atoms with E-state index in [1.807, 2.05) is 19.1 Å². The van der Waals surface area contributed by atoms with Crippen LogP contribution in [0.2, 0.25) is 0 Å². The van der Waals surface area contributed by atoms with Gasteiger partial charge in [-0.15, -0.1) is 0 Å². The first-order valence-electron chi connectivity index (χ1n) is 8.90. The van der Waals surface area contributed by atoms with E-state index in [4.69, 9.17) is 21.7 Å². The van der Waals surface area contributed by atoms with Gasteiger partial charge in [0.2, 0.25) is 0 Å². The van der Waals surface area contributed by atoms with Crippen LogP contribution in [0.1, 0.15) is 54.9 Å². The average molecular weight is 365 g/mol. The van der Waals surface area contributed by atoms with Crippen molar-refractivity contribution in [1.29, 1.82) is 0 Å². The van der Waals surface area contributed by atoms with E-state index >= 15 is 0 Å². The molecule has 25 heavy (non-hydrogen) atoms. The Morgan fingerprint density at radius 3 is 2.60 bits per heavy atom. The van der Waals surface area contributed by atoms with Crippen molar-refractivity contribution in [2.24, 2.45) is 0 Å². The molecule has 0 amide bonds. The number of benzene rings is 1. The molecule has 5 nitrogen and oxygen atoms in total. The lowest BCUT2D eigenvalue weighted by Crippen LogP contribution is -2.46. The van der Waals surface area contributed by atoms with Crippen LogP contribution in [0.3, 0.4) is 0 Å². The summed E-state index contributed by atoms with van der Waals surface area (Å²) in [7, 11) is 3.03. The molecule has 1 aliphatic carbocycles. The van der Waals surface area contributed by atoms with Gasteiger partial charge >= 0.3 is 5.97 Å². The fourth-order valence-corrected chi connectivity index (χ4v) is 3.70. The van der Waals surface area contributed by atoms with Crippen LogP contribution in [-0.4, -0.2) is 42.8 Å². The number of hydrogen-bond donors (Lipinski definition) is 1. The Morgan fingerprint density at radius 1 is 1.28 bits per heavy atom. The highest BCUT2D eigenvalue weighted by Gasteiger charge is 2.24. The molecule has 0 radical (unpaired) electrons. The summed E-state index contributed by atoms with van der Waals surface area (Å²) in [6, 6.07) is 5.81. The van der Waals surface area contributed by atoms with E-state index in [0.29, 0.717) is 18.2 Å². The molecule has 2 rings (SSSR count). The van der Waals surface area contributed by atoms with Gasteiger partial charge in [0, 0.05) is 24.7 Å². The van der Waals surface area contributed by atoms with Gasteiger partial charge in [-0.1, -0.05) is 19.3 Å². The number of methoxy groups -OCH3 is 2. The van der Waals surface area contributed by atoms with Crippen molar-refractivity contribution >= 4 is 23.3 Å². The Bertz CT molecular complexity index is 600. The van der Waals surface area contributed by atoms with Crippen LogP contribution in [0.4, 0.5) is 0 Å². The van der Waals surface area contributed by atoms with Crippen LogP contribution in [0.15, 0.2) is 18.2 Å². The lowest BCUT2D eigenvalue weighted by molar-refractivity contribution is 0.0600. The minimum atomic E-state index is -0.345. The number of nitrogens with one attached hydrogen (secondary N) is 1. The first kappa shape index (κ1) is 19.5. The van der Waals surface area contributed by atoms with Gasteiger partial charge < -0.3 is 19.7 Å². The van der Waals surface area contributed by atoms with Gasteiger partial charge in [0.05, 0.1) is 19.8 Å². The lowest BCUT2D eigenvalue weighted by Gasteiger charge is -2.36. The van der Waals surface area contributed by atoms with Crippen LogP contribution in [0.5, 0.6) is 5.75 Å². The first-order valence-corrected chi connectivity index (χ1v) is 9.31. The zero-order valence-corrected chi connectivity index (χ0v) is 16.2. The summed E-state index contributed by atoms with van der Waals surface area (Å²) in [6.07, 6.45) is 6.04. The standard InChI is InChI=1S/C19H28N2O3S/c1-4-20-19(25)21(16-8-6-5-7-9-16)13-15-12-14(18(22)24-3)10-11-17(15)23-2/h10-12,16H,4-9,13H2,1-3H3,(H,20,25). The summed E-state index contributed by atoms with van der Waals surface area (Å²) in [6.45, 7) is 3.45. The molecule has 0 aromatic heterocycles. The minimum Gasteiger partial charge on any atom is -0.496 e. The number of ether oxygens (including phenoxy) is 2. The van der Waals surface area contributed by atoms with E-state index in [2.05, 4.69) is 10.2 Å². The maximum absolute atomic E-state index is 11.9. The highest BCUT2D eigenvalue weighted by molar-refractivity contribution is 7.80. The average Bonchev–Trinajstić information content (AvgIpc) is 2.66. The van der Waals surface area contributed by atoms with Gasteiger partial charge in [0.1, 0.15) is 5.75 Å². The Morgan fingerprint density at radius 2 is 2.00 bits per heavy atom. The maximum Gasteiger partial charge on any atom is 0.337 e. The molecule has 1 aromatic carbocycles. The summed E-state index contributed by atoms with van der Waals surface area (Å²) in [5, 5.41) is 4.04. The van der Waals surface area contributed by atoms with Gasteiger partial charge in [-0.2, -0.15) is 0 Å². The molecule has 0 spiro atoms. The molecular formula is C19H28N2O3S. The van der Waals surface area contributed by atoms with Crippen LogP contribution in [0, 0.1) is 0 Å². The van der Waals surface area contributed by atoms with Crippen molar-refractivity contribution in [3.8, 4) is 5.75 Å². The number of esters is 1. The molecular weight excluding hydrogens is 336 g/mol. The smallest absolute Gasteiger partial charge is 0.337 e. The Hall–Kier alpha value is -1.82. The summed E-state index contributed by atoms with van der Waals surface area (Å²) >= 11 is 5.62. The van der Waals surface area contributed by atoms with E-state index < -0.39 is 0 Å². The van der Waals surface area contributed by atoms with E-state index in [1.165, 1.54) is 26.4 Å². The summed E-state index contributed by atoms with van der Waals surface area (Å²) in [5.74, 6) is 0.412. The van der Waals surface area contributed by atoms with Gasteiger partial charge in [-0.05, 0) is 50.2 Å². The number of carbonyl (C=O) groups excluding carboxylic acids is 1. The number of nitrogens with zero attached hydrogens (tertiary/aromatic N) is 1. The molecule has 1 N–H and O–H groups in total. The number of rotatable bonds is 6. The monoisotopic (exact) mass is 364 g/mol. The van der Waals surface area contributed by atoms with Crippen LogP contribution >= 0.6 is 12.2 Å². The van der Waals surface area contributed by atoms with E-state index in [-0.39, 0.29) is 5.97 Å². The van der Waals surface area contributed by atoms with Crippen molar-refractivity contribution in [3.05, 3.63) is 29.3 Å². The second-order valence-corrected chi connectivity index (χ2v) is 6.66. The number of thiocarbonyl (C=S) groups is 1. The third-order valence-electron chi connectivity index (χ3n) is 4.65. The molecule has 1 aliphatic rings. The molecule has 0 unspecified atom stereocenters. The molecule has 138 valence electrons. The van der Waals surface area contributed by atoms with Crippen LogP contribution < -0.4 is 10.1 Å². The van der Waals surface area contributed by atoms with Crippen LogP contribution in [-0.2, 0) is 11.3 Å². The summed E-state index contributed by atoms with van der Waals surface area (Å²) in [5.41, 5.74) is 1.47. The van der Waals surface area contributed by atoms with Gasteiger partial charge in [0.25, 0.3) is 0 Å². The van der Waals surface area contributed by atoms with E-state index in [0.717, 1.165) is 35.8 Å². The SMILES string of the molecule is CCNC(=S)N(Cc1cc(C(=O)OC)ccc1OC)C1CCCCC1. The normalized spacial score (nSPS) is 14.7. The largest absolute Gasteiger partial charge is 0.496 e.